The summed E-state index contributed by atoms with van der Waals surface area (Å²) in [5, 5.41) is 5.55. The molecule has 1 unspecified atom stereocenters. The van der Waals surface area contributed by atoms with Crippen molar-refractivity contribution in [3.8, 4) is 5.75 Å². The first-order valence-corrected chi connectivity index (χ1v) is 8.09. The van der Waals surface area contributed by atoms with Crippen LogP contribution in [0.5, 0.6) is 5.75 Å². The van der Waals surface area contributed by atoms with Gasteiger partial charge in [0.15, 0.2) is 0 Å². The van der Waals surface area contributed by atoms with Crippen LogP contribution in [0, 0.1) is 0 Å². The first-order valence-electron chi connectivity index (χ1n) is 8.09. The number of nitrogens with one attached hydrogen (secondary N) is 2. The summed E-state index contributed by atoms with van der Waals surface area (Å²) < 4.78 is 5.73. The zero-order valence-corrected chi connectivity index (χ0v) is 13.4. The number of para-hydroxylation sites is 2. The highest BCUT2D eigenvalue weighted by molar-refractivity contribution is 6.19. The number of fused-ring (bicyclic) bond motifs is 2. The van der Waals surface area contributed by atoms with Gasteiger partial charge in [-0.05, 0) is 61.6 Å². The monoisotopic (exact) mass is 322 g/mol. The number of amides is 2. The number of carbonyl (C=O) groups is 2. The molecule has 24 heavy (non-hydrogen) atoms. The van der Waals surface area contributed by atoms with Gasteiger partial charge in [-0.3, -0.25) is 9.59 Å². The molecule has 1 atom stereocenters. The van der Waals surface area contributed by atoms with Crippen LogP contribution >= 0.6 is 0 Å². The fourth-order valence-electron chi connectivity index (χ4n) is 3.22. The molecule has 0 saturated carbocycles. The molecular weight excluding hydrogens is 304 g/mol. The highest BCUT2D eigenvalue weighted by Crippen LogP contribution is 2.34. The van der Waals surface area contributed by atoms with Crippen LogP contribution in [0.25, 0.3) is 0 Å². The van der Waals surface area contributed by atoms with Gasteiger partial charge in [-0.2, -0.15) is 0 Å². The van der Waals surface area contributed by atoms with E-state index in [1.54, 1.807) is 24.3 Å². The van der Waals surface area contributed by atoms with Gasteiger partial charge in [0, 0.05) is 5.69 Å². The fraction of sp³-hybridized carbons (Fsp3) is 0.263. The normalized spacial score (nSPS) is 21.3. The standard InChI is InChI=1S/C19H18N2O3/c1-19(18(23)21-15-7-2-3-8-16(15)24-19)17(22)20-14-10-9-12-5-4-6-13(12)11-14/h2-3,7-11H,4-6H2,1H3,(H,20,22)(H,21,23). The lowest BCUT2D eigenvalue weighted by atomic mass is 10.0. The molecular formula is C19H18N2O3. The fourth-order valence-corrected chi connectivity index (χ4v) is 3.22. The molecule has 1 heterocycles. The van der Waals surface area contributed by atoms with Crippen molar-refractivity contribution in [3.63, 3.8) is 0 Å². The Morgan fingerprint density at radius 3 is 2.83 bits per heavy atom. The van der Waals surface area contributed by atoms with E-state index >= 15 is 0 Å². The molecule has 0 aromatic heterocycles. The van der Waals surface area contributed by atoms with Gasteiger partial charge in [0.2, 0.25) is 0 Å². The topological polar surface area (TPSA) is 67.4 Å². The second kappa shape index (κ2) is 5.37. The van der Waals surface area contributed by atoms with Gasteiger partial charge in [0.1, 0.15) is 5.75 Å². The highest BCUT2D eigenvalue weighted by Gasteiger charge is 2.47. The van der Waals surface area contributed by atoms with E-state index in [0.717, 1.165) is 19.3 Å². The van der Waals surface area contributed by atoms with Crippen LogP contribution in [-0.4, -0.2) is 17.4 Å². The van der Waals surface area contributed by atoms with Gasteiger partial charge in [-0.25, -0.2) is 0 Å². The zero-order valence-electron chi connectivity index (χ0n) is 13.4. The Kier molecular flexibility index (Phi) is 3.30. The Hall–Kier alpha value is -2.82. The predicted octanol–water partition coefficient (Wildman–Crippen LogP) is 2.90. The van der Waals surface area contributed by atoms with E-state index < -0.39 is 17.4 Å². The average Bonchev–Trinajstić information content (AvgIpc) is 3.03. The molecule has 122 valence electrons. The van der Waals surface area contributed by atoms with Crippen molar-refractivity contribution in [2.75, 3.05) is 10.6 Å². The number of aryl methyl sites for hydroxylation is 2. The maximum Gasteiger partial charge on any atom is 0.278 e. The SMILES string of the molecule is CC1(C(=O)Nc2ccc3c(c2)CCC3)Oc2ccccc2NC1=O. The van der Waals surface area contributed by atoms with Crippen molar-refractivity contribution in [3.05, 3.63) is 53.6 Å². The maximum atomic E-state index is 12.7. The molecule has 2 amide bonds. The summed E-state index contributed by atoms with van der Waals surface area (Å²) in [4.78, 5) is 25.1. The Labute approximate surface area is 140 Å². The summed E-state index contributed by atoms with van der Waals surface area (Å²) in [7, 11) is 0. The van der Waals surface area contributed by atoms with Crippen LogP contribution < -0.4 is 15.4 Å². The molecule has 1 aliphatic carbocycles. The van der Waals surface area contributed by atoms with Crippen molar-refractivity contribution in [2.24, 2.45) is 0 Å². The molecule has 0 spiro atoms. The van der Waals surface area contributed by atoms with E-state index in [2.05, 4.69) is 10.6 Å². The first-order chi connectivity index (χ1) is 11.6. The molecule has 1 aliphatic heterocycles. The second-order valence-corrected chi connectivity index (χ2v) is 6.38. The summed E-state index contributed by atoms with van der Waals surface area (Å²) in [5.74, 6) is -0.462. The molecule has 0 fully saturated rings. The van der Waals surface area contributed by atoms with Gasteiger partial charge in [-0.1, -0.05) is 18.2 Å². The Bertz CT molecular complexity index is 846. The van der Waals surface area contributed by atoms with Crippen LogP contribution in [0.4, 0.5) is 11.4 Å². The summed E-state index contributed by atoms with van der Waals surface area (Å²) >= 11 is 0. The molecule has 4 rings (SSSR count). The minimum atomic E-state index is -1.60. The lowest BCUT2D eigenvalue weighted by molar-refractivity contribution is -0.143. The molecule has 5 heteroatoms. The third kappa shape index (κ3) is 2.33. The summed E-state index contributed by atoms with van der Waals surface area (Å²) in [5.41, 5.74) is 2.26. The Morgan fingerprint density at radius 2 is 1.96 bits per heavy atom. The maximum absolute atomic E-state index is 12.7. The van der Waals surface area contributed by atoms with E-state index in [9.17, 15) is 9.59 Å². The zero-order chi connectivity index (χ0) is 16.7. The largest absolute Gasteiger partial charge is 0.466 e. The van der Waals surface area contributed by atoms with Crippen LogP contribution in [0.3, 0.4) is 0 Å². The van der Waals surface area contributed by atoms with Crippen LogP contribution in [0.1, 0.15) is 24.5 Å². The highest BCUT2D eigenvalue weighted by atomic mass is 16.5. The lowest BCUT2D eigenvalue weighted by Crippen LogP contribution is -2.56. The molecule has 2 N–H and O–H groups in total. The number of rotatable bonds is 2. The van der Waals surface area contributed by atoms with Crippen LogP contribution in [-0.2, 0) is 22.4 Å². The number of hydrogen-bond acceptors (Lipinski definition) is 3. The predicted molar refractivity (Wildman–Crippen MR) is 91.2 cm³/mol. The molecule has 2 aliphatic rings. The molecule has 0 saturated heterocycles. The molecule has 2 aromatic carbocycles. The van der Waals surface area contributed by atoms with Gasteiger partial charge >= 0.3 is 0 Å². The lowest BCUT2D eigenvalue weighted by Gasteiger charge is -2.33. The third-order valence-corrected chi connectivity index (χ3v) is 4.67. The smallest absolute Gasteiger partial charge is 0.278 e. The Balaban J connectivity index is 1.58. The van der Waals surface area contributed by atoms with Crippen LogP contribution in [0.2, 0.25) is 0 Å². The van der Waals surface area contributed by atoms with E-state index in [4.69, 9.17) is 4.74 Å². The van der Waals surface area contributed by atoms with Gasteiger partial charge < -0.3 is 15.4 Å². The number of benzene rings is 2. The second-order valence-electron chi connectivity index (χ2n) is 6.38. The molecule has 0 radical (unpaired) electrons. The Morgan fingerprint density at radius 1 is 1.17 bits per heavy atom. The van der Waals surface area contributed by atoms with Crippen LogP contribution in [0.15, 0.2) is 42.5 Å². The minimum Gasteiger partial charge on any atom is -0.466 e. The van der Waals surface area contributed by atoms with Crippen molar-refractivity contribution in [2.45, 2.75) is 31.8 Å². The number of ether oxygens (including phenoxy) is 1. The summed E-state index contributed by atoms with van der Waals surface area (Å²) in [6, 6.07) is 13.0. The van der Waals surface area contributed by atoms with E-state index in [1.807, 2.05) is 18.2 Å². The van der Waals surface area contributed by atoms with Crippen molar-refractivity contribution >= 4 is 23.2 Å². The van der Waals surface area contributed by atoms with Gasteiger partial charge in [0.25, 0.3) is 17.4 Å². The van der Waals surface area contributed by atoms with Crippen molar-refractivity contribution in [1.29, 1.82) is 0 Å². The summed E-state index contributed by atoms with van der Waals surface area (Å²) in [6.07, 6.45) is 3.26. The number of anilines is 2. The minimum absolute atomic E-state index is 0.472. The molecule has 2 aromatic rings. The van der Waals surface area contributed by atoms with E-state index in [-0.39, 0.29) is 0 Å². The third-order valence-electron chi connectivity index (χ3n) is 4.67. The van der Waals surface area contributed by atoms with Crippen molar-refractivity contribution in [1.82, 2.24) is 0 Å². The van der Waals surface area contributed by atoms with Crippen molar-refractivity contribution < 1.29 is 14.3 Å². The summed E-state index contributed by atoms with van der Waals surface area (Å²) in [6.45, 7) is 1.49. The quantitative estimate of drug-likeness (QED) is 0.836. The number of hydrogen-bond donors (Lipinski definition) is 2. The average molecular weight is 322 g/mol. The first kappa shape index (κ1) is 14.8. The number of carbonyl (C=O) groups excluding carboxylic acids is 2. The van der Waals surface area contributed by atoms with E-state index in [1.165, 1.54) is 18.1 Å². The van der Waals surface area contributed by atoms with E-state index in [0.29, 0.717) is 17.1 Å². The molecule has 0 bridgehead atoms. The molecule has 5 nitrogen and oxygen atoms in total. The van der Waals surface area contributed by atoms with Gasteiger partial charge in [-0.15, -0.1) is 0 Å². The van der Waals surface area contributed by atoms with Gasteiger partial charge in [0.05, 0.1) is 5.69 Å².